The molecule has 2 amide bonds. The van der Waals surface area contributed by atoms with Gasteiger partial charge in [0.25, 0.3) is 5.91 Å². The first-order valence-corrected chi connectivity index (χ1v) is 8.07. The smallest absolute Gasteiger partial charge is 0.287 e. The summed E-state index contributed by atoms with van der Waals surface area (Å²) in [7, 11) is 1.80. The highest BCUT2D eigenvalue weighted by Gasteiger charge is 2.17. The van der Waals surface area contributed by atoms with Crippen molar-refractivity contribution in [3.63, 3.8) is 0 Å². The molecular formula is C18H22FN3O3. The molecule has 0 spiro atoms. The summed E-state index contributed by atoms with van der Waals surface area (Å²) in [5.41, 5.74) is 0.521. The molecule has 25 heavy (non-hydrogen) atoms. The number of anilines is 1. The Hall–Kier alpha value is -2.83. The maximum Gasteiger partial charge on any atom is 0.287 e. The Kier molecular flexibility index (Phi) is 6.56. The second-order valence-corrected chi connectivity index (χ2v) is 5.69. The molecule has 7 heteroatoms. The van der Waals surface area contributed by atoms with Crippen LogP contribution >= 0.6 is 0 Å². The fraction of sp³-hybridized carbons (Fsp3) is 0.333. The Morgan fingerprint density at radius 1 is 1.24 bits per heavy atom. The highest BCUT2D eigenvalue weighted by Crippen LogP contribution is 2.16. The number of rotatable bonds is 8. The number of nitrogens with zero attached hydrogens (tertiary/aromatic N) is 1. The van der Waals surface area contributed by atoms with Gasteiger partial charge >= 0.3 is 0 Å². The maximum atomic E-state index is 13.7. The van der Waals surface area contributed by atoms with E-state index in [1.165, 1.54) is 18.4 Å². The van der Waals surface area contributed by atoms with Crippen molar-refractivity contribution in [2.75, 3.05) is 25.0 Å². The van der Waals surface area contributed by atoms with Gasteiger partial charge in [0, 0.05) is 20.1 Å². The number of hydrogen-bond acceptors (Lipinski definition) is 4. The van der Waals surface area contributed by atoms with Gasteiger partial charge in [0.1, 0.15) is 11.9 Å². The summed E-state index contributed by atoms with van der Waals surface area (Å²) >= 11 is 0. The van der Waals surface area contributed by atoms with Gasteiger partial charge < -0.3 is 20.0 Å². The van der Waals surface area contributed by atoms with Crippen molar-refractivity contribution >= 4 is 17.5 Å². The molecule has 2 N–H and O–H groups in total. The number of halogens is 1. The first-order chi connectivity index (χ1) is 12.0. The minimum Gasteiger partial charge on any atom is -0.459 e. The van der Waals surface area contributed by atoms with Gasteiger partial charge in [-0.15, -0.1) is 0 Å². The van der Waals surface area contributed by atoms with Crippen LogP contribution in [0, 0.1) is 5.82 Å². The molecule has 0 bridgehead atoms. The minimum atomic E-state index is -0.679. The summed E-state index contributed by atoms with van der Waals surface area (Å²) in [5.74, 6) is -0.838. The van der Waals surface area contributed by atoms with E-state index in [-0.39, 0.29) is 17.5 Å². The van der Waals surface area contributed by atoms with Gasteiger partial charge in [0.2, 0.25) is 5.91 Å². The predicted octanol–water partition coefficient (Wildman–Crippen LogP) is 2.18. The van der Waals surface area contributed by atoms with Crippen LogP contribution in [0.15, 0.2) is 47.1 Å². The second kappa shape index (κ2) is 8.86. The summed E-state index contributed by atoms with van der Waals surface area (Å²) in [6.07, 6.45) is 2.04. The van der Waals surface area contributed by atoms with E-state index < -0.39 is 11.9 Å². The van der Waals surface area contributed by atoms with Crippen molar-refractivity contribution in [3.05, 3.63) is 54.2 Å². The maximum absolute atomic E-state index is 13.7. The molecule has 0 saturated carbocycles. The van der Waals surface area contributed by atoms with E-state index in [2.05, 4.69) is 10.6 Å². The molecule has 2 rings (SSSR count). The number of para-hydroxylation sites is 1. The summed E-state index contributed by atoms with van der Waals surface area (Å²) in [4.78, 5) is 25.6. The standard InChI is InChI=1S/C18H22FN3O3/c1-13(21-18(24)16-9-5-12-25-16)17(23)20-10-6-11-22(2)15-8-4-3-7-14(15)19/h3-5,7-9,12-13H,6,10-11H2,1-2H3,(H,20,23)(H,21,24). The average molecular weight is 347 g/mol. The molecule has 0 radical (unpaired) electrons. The lowest BCUT2D eigenvalue weighted by atomic mass is 10.2. The lowest BCUT2D eigenvalue weighted by molar-refractivity contribution is -0.122. The van der Waals surface area contributed by atoms with Crippen molar-refractivity contribution in [2.24, 2.45) is 0 Å². The number of carbonyl (C=O) groups is 2. The number of furan rings is 1. The van der Waals surface area contributed by atoms with Gasteiger partial charge in [-0.1, -0.05) is 12.1 Å². The van der Waals surface area contributed by atoms with E-state index in [0.717, 1.165) is 0 Å². The van der Waals surface area contributed by atoms with Crippen LogP contribution in [-0.4, -0.2) is 38.0 Å². The van der Waals surface area contributed by atoms with E-state index in [1.807, 2.05) is 0 Å². The number of hydrogen-bond donors (Lipinski definition) is 2. The fourth-order valence-electron chi connectivity index (χ4n) is 2.30. The molecule has 6 nitrogen and oxygen atoms in total. The molecule has 1 unspecified atom stereocenters. The first kappa shape index (κ1) is 18.5. The Balaban J connectivity index is 1.69. The average Bonchev–Trinajstić information content (AvgIpc) is 3.13. The third kappa shape index (κ3) is 5.34. The fourth-order valence-corrected chi connectivity index (χ4v) is 2.30. The summed E-state index contributed by atoms with van der Waals surface area (Å²) in [6, 6.07) is 8.99. The zero-order valence-electron chi connectivity index (χ0n) is 14.3. The molecule has 0 aliphatic heterocycles. The Labute approximate surface area is 146 Å². The highest BCUT2D eigenvalue weighted by molar-refractivity contribution is 5.95. The van der Waals surface area contributed by atoms with Gasteiger partial charge in [-0.2, -0.15) is 0 Å². The SMILES string of the molecule is CC(NC(=O)c1ccco1)C(=O)NCCCN(C)c1ccccc1F. The van der Waals surface area contributed by atoms with Crippen molar-refractivity contribution in [1.29, 1.82) is 0 Å². The molecule has 0 aliphatic rings. The van der Waals surface area contributed by atoms with Crippen LogP contribution in [0.3, 0.4) is 0 Å². The van der Waals surface area contributed by atoms with E-state index in [1.54, 1.807) is 43.1 Å². The second-order valence-electron chi connectivity index (χ2n) is 5.69. The molecular weight excluding hydrogens is 325 g/mol. The third-order valence-electron chi connectivity index (χ3n) is 3.72. The van der Waals surface area contributed by atoms with Crippen LogP contribution < -0.4 is 15.5 Å². The minimum absolute atomic E-state index is 0.158. The zero-order chi connectivity index (χ0) is 18.2. The number of nitrogens with one attached hydrogen (secondary N) is 2. The van der Waals surface area contributed by atoms with Crippen molar-refractivity contribution in [2.45, 2.75) is 19.4 Å². The molecule has 0 fully saturated rings. The Morgan fingerprint density at radius 3 is 2.68 bits per heavy atom. The van der Waals surface area contributed by atoms with Crippen LogP contribution in [0.5, 0.6) is 0 Å². The molecule has 1 heterocycles. The topological polar surface area (TPSA) is 74.6 Å². The van der Waals surface area contributed by atoms with Gasteiger partial charge in [-0.05, 0) is 37.6 Å². The van der Waals surface area contributed by atoms with Crippen LogP contribution in [-0.2, 0) is 4.79 Å². The molecule has 0 aliphatic carbocycles. The lowest BCUT2D eigenvalue weighted by Gasteiger charge is -2.20. The van der Waals surface area contributed by atoms with Crippen molar-refractivity contribution in [3.8, 4) is 0 Å². The molecule has 1 atom stereocenters. The Morgan fingerprint density at radius 2 is 2.00 bits per heavy atom. The van der Waals surface area contributed by atoms with E-state index in [0.29, 0.717) is 25.2 Å². The molecule has 134 valence electrons. The monoisotopic (exact) mass is 347 g/mol. The molecule has 0 saturated heterocycles. The van der Waals surface area contributed by atoms with Gasteiger partial charge in [-0.3, -0.25) is 9.59 Å². The number of benzene rings is 1. The predicted molar refractivity (Wildman–Crippen MR) is 92.9 cm³/mol. The zero-order valence-corrected chi connectivity index (χ0v) is 14.3. The van der Waals surface area contributed by atoms with E-state index in [4.69, 9.17) is 4.42 Å². The van der Waals surface area contributed by atoms with Crippen LogP contribution in [0.25, 0.3) is 0 Å². The van der Waals surface area contributed by atoms with Crippen LogP contribution in [0.1, 0.15) is 23.9 Å². The number of carbonyl (C=O) groups excluding carboxylic acids is 2. The molecule has 1 aromatic heterocycles. The van der Waals surface area contributed by atoms with Gasteiger partial charge in [0.05, 0.1) is 12.0 Å². The molecule has 2 aromatic rings. The van der Waals surface area contributed by atoms with E-state index >= 15 is 0 Å². The van der Waals surface area contributed by atoms with E-state index in [9.17, 15) is 14.0 Å². The highest BCUT2D eigenvalue weighted by atomic mass is 19.1. The van der Waals surface area contributed by atoms with Crippen molar-refractivity contribution < 1.29 is 18.4 Å². The van der Waals surface area contributed by atoms with Crippen LogP contribution in [0.4, 0.5) is 10.1 Å². The molecule has 1 aromatic carbocycles. The van der Waals surface area contributed by atoms with Gasteiger partial charge in [0.15, 0.2) is 5.76 Å². The summed E-state index contributed by atoms with van der Waals surface area (Å²) < 4.78 is 18.6. The third-order valence-corrected chi connectivity index (χ3v) is 3.72. The van der Waals surface area contributed by atoms with Gasteiger partial charge in [-0.25, -0.2) is 4.39 Å². The summed E-state index contributed by atoms with van der Waals surface area (Å²) in [6.45, 7) is 2.62. The quantitative estimate of drug-likeness (QED) is 0.718. The summed E-state index contributed by atoms with van der Waals surface area (Å²) in [5, 5.41) is 5.31. The number of amides is 2. The Bertz CT molecular complexity index is 703. The first-order valence-electron chi connectivity index (χ1n) is 8.07. The largest absolute Gasteiger partial charge is 0.459 e. The van der Waals surface area contributed by atoms with Crippen molar-refractivity contribution in [1.82, 2.24) is 10.6 Å². The lowest BCUT2D eigenvalue weighted by Crippen LogP contribution is -2.45. The van der Waals surface area contributed by atoms with Crippen LogP contribution in [0.2, 0.25) is 0 Å². The normalized spacial score (nSPS) is 11.6.